The van der Waals surface area contributed by atoms with Gasteiger partial charge >= 0.3 is 5.97 Å². The molecule has 0 amide bonds. The van der Waals surface area contributed by atoms with Crippen molar-refractivity contribution in [2.75, 3.05) is 0 Å². The maximum Gasteiger partial charge on any atom is 0.342 e. The number of carbonyl (C=O) groups is 1. The summed E-state index contributed by atoms with van der Waals surface area (Å²) in [6, 6.07) is 13.5. The van der Waals surface area contributed by atoms with Crippen LogP contribution in [0.15, 0.2) is 53.5 Å². The monoisotopic (exact) mass is 305 g/mol. The van der Waals surface area contributed by atoms with Crippen molar-refractivity contribution in [1.29, 1.82) is 0 Å². The van der Waals surface area contributed by atoms with E-state index in [1.165, 1.54) is 0 Å². The molecule has 100 valence electrons. The van der Waals surface area contributed by atoms with Crippen LogP contribution in [0.3, 0.4) is 0 Å². The van der Waals surface area contributed by atoms with Crippen molar-refractivity contribution in [3.8, 4) is 0 Å². The highest BCUT2D eigenvalue weighted by atomic mass is 35.5. The van der Waals surface area contributed by atoms with Crippen LogP contribution in [0.4, 0.5) is 0 Å². The molecule has 5 heteroatoms. The fourth-order valence-electron chi connectivity index (χ4n) is 1.98. The molecule has 0 fully saturated rings. The lowest BCUT2D eigenvalue weighted by atomic mass is 10.1. The van der Waals surface area contributed by atoms with Crippen LogP contribution >= 0.6 is 23.2 Å². The van der Waals surface area contributed by atoms with Crippen LogP contribution in [-0.2, 0) is 9.53 Å². The predicted octanol–water partition coefficient (Wildman–Crippen LogP) is 4.04. The van der Waals surface area contributed by atoms with Gasteiger partial charge in [0.25, 0.3) is 0 Å². The molecule has 1 aliphatic heterocycles. The van der Waals surface area contributed by atoms with Crippen LogP contribution in [-0.4, -0.2) is 11.9 Å². The molecule has 0 aliphatic carbocycles. The van der Waals surface area contributed by atoms with Crippen LogP contribution < -0.4 is 0 Å². The van der Waals surface area contributed by atoms with Gasteiger partial charge < -0.3 is 4.74 Å². The number of hydrogen-bond acceptors (Lipinski definition) is 3. The quantitative estimate of drug-likeness (QED) is 0.785. The van der Waals surface area contributed by atoms with Gasteiger partial charge in [0.05, 0.1) is 0 Å². The average Bonchev–Trinajstić information content (AvgIpc) is 2.82. The lowest BCUT2D eigenvalue weighted by Gasteiger charge is -2.06. The Morgan fingerprint density at radius 3 is 2.50 bits per heavy atom. The lowest BCUT2D eigenvalue weighted by Crippen LogP contribution is -2.09. The summed E-state index contributed by atoms with van der Waals surface area (Å²) < 4.78 is 5.22. The van der Waals surface area contributed by atoms with E-state index in [0.717, 1.165) is 5.56 Å². The second-order valence-corrected chi connectivity index (χ2v) is 5.13. The molecule has 0 N–H and O–H groups in total. The Kier molecular flexibility index (Phi) is 3.47. The summed E-state index contributed by atoms with van der Waals surface area (Å²) in [7, 11) is 0. The molecule has 2 aromatic carbocycles. The Morgan fingerprint density at radius 1 is 1.05 bits per heavy atom. The Bertz CT molecular complexity index is 698. The number of ether oxygens (including phenoxy) is 1. The fraction of sp³-hybridized carbons (Fsp3) is 0.0667. The van der Waals surface area contributed by atoms with Crippen molar-refractivity contribution in [3.63, 3.8) is 0 Å². The van der Waals surface area contributed by atoms with Gasteiger partial charge in [0, 0.05) is 21.2 Å². The van der Waals surface area contributed by atoms with Gasteiger partial charge in [-0.3, -0.25) is 0 Å². The van der Waals surface area contributed by atoms with Crippen LogP contribution in [0.1, 0.15) is 17.2 Å². The fourth-order valence-corrected chi connectivity index (χ4v) is 2.49. The van der Waals surface area contributed by atoms with Crippen LogP contribution in [0.5, 0.6) is 0 Å². The summed E-state index contributed by atoms with van der Waals surface area (Å²) >= 11 is 12.0. The molecule has 0 radical (unpaired) electrons. The van der Waals surface area contributed by atoms with E-state index < -0.39 is 12.0 Å². The third-order valence-corrected chi connectivity index (χ3v) is 3.51. The zero-order valence-electron chi connectivity index (χ0n) is 10.2. The van der Waals surface area contributed by atoms with Crippen molar-refractivity contribution in [3.05, 3.63) is 69.7 Å². The van der Waals surface area contributed by atoms with E-state index >= 15 is 0 Å². The Balaban J connectivity index is 1.98. The first-order valence-corrected chi connectivity index (χ1v) is 6.70. The number of esters is 1. The first-order valence-electron chi connectivity index (χ1n) is 5.95. The summed E-state index contributed by atoms with van der Waals surface area (Å²) in [6.45, 7) is 0. The molecule has 0 bridgehead atoms. The molecule has 20 heavy (non-hydrogen) atoms. The number of cyclic esters (lactones) is 1. The smallest absolute Gasteiger partial charge is 0.342 e. The van der Waals surface area contributed by atoms with Gasteiger partial charge in [-0.15, -0.1) is 0 Å². The van der Waals surface area contributed by atoms with Gasteiger partial charge in [-0.25, -0.2) is 9.79 Å². The zero-order chi connectivity index (χ0) is 14.1. The van der Waals surface area contributed by atoms with Gasteiger partial charge in [0.15, 0.2) is 6.04 Å². The highest BCUT2D eigenvalue weighted by Crippen LogP contribution is 2.32. The molecule has 1 atom stereocenters. The summed E-state index contributed by atoms with van der Waals surface area (Å²) in [6.07, 6.45) is 0. The van der Waals surface area contributed by atoms with Crippen molar-refractivity contribution < 1.29 is 9.53 Å². The minimum Gasteiger partial charge on any atom is -0.405 e. The van der Waals surface area contributed by atoms with E-state index in [1.54, 1.807) is 18.2 Å². The molecule has 0 saturated carbocycles. The van der Waals surface area contributed by atoms with E-state index in [4.69, 9.17) is 27.9 Å². The highest BCUT2D eigenvalue weighted by Gasteiger charge is 2.32. The molecular formula is C15H9Cl2NO2. The lowest BCUT2D eigenvalue weighted by molar-refractivity contribution is -0.135. The number of aliphatic imine (C=N–C) groups is 1. The van der Waals surface area contributed by atoms with Crippen molar-refractivity contribution in [1.82, 2.24) is 0 Å². The Hall–Kier alpha value is -1.84. The molecule has 3 nitrogen and oxygen atoms in total. The number of nitrogens with zero attached hydrogens (tertiary/aromatic N) is 1. The molecule has 3 rings (SSSR count). The maximum atomic E-state index is 12.0. The molecule has 0 spiro atoms. The normalized spacial score (nSPS) is 17.8. The molecule has 1 heterocycles. The second kappa shape index (κ2) is 5.27. The second-order valence-electron chi connectivity index (χ2n) is 4.29. The van der Waals surface area contributed by atoms with Crippen molar-refractivity contribution in [2.45, 2.75) is 6.04 Å². The first-order chi connectivity index (χ1) is 9.65. The summed E-state index contributed by atoms with van der Waals surface area (Å²) in [5, 5.41) is 0.912. The van der Waals surface area contributed by atoms with E-state index in [1.807, 2.05) is 30.3 Å². The minimum atomic E-state index is -0.741. The van der Waals surface area contributed by atoms with E-state index in [-0.39, 0.29) is 0 Å². The summed E-state index contributed by atoms with van der Waals surface area (Å²) in [5.41, 5.74) is 1.35. The topological polar surface area (TPSA) is 38.7 Å². The van der Waals surface area contributed by atoms with Crippen molar-refractivity contribution >= 4 is 35.1 Å². The standard InChI is InChI=1S/C15H9Cl2NO2/c16-10-6-7-11(12(17)8-10)13-15(19)20-14(18-13)9-4-2-1-3-5-9/h1-8,13H. The van der Waals surface area contributed by atoms with Crippen LogP contribution in [0.2, 0.25) is 10.0 Å². The highest BCUT2D eigenvalue weighted by molar-refractivity contribution is 6.35. The number of halogens is 2. The van der Waals surface area contributed by atoms with Crippen molar-refractivity contribution in [2.24, 2.45) is 4.99 Å². The van der Waals surface area contributed by atoms with E-state index in [0.29, 0.717) is 21.5 Å². The average molecular weight is 306 g/mol. The molecule has 1 aliphatic rings. The van der Waals surface area contributed by atoms with Crippen LogP contribution in [0.25, 0.3) is 0 Å². The predicted molar refractivity (Wildman–Crippen MR) is 78.3 cm³/mol. The molecule has 0 aromatic heterocycles. The van der Waals surface area contributed by atoms with Gasteiger partial charge in [-0.05, 0) is 24.3 Å². The molecule has 0 saturated heterocycles. The SMILES string of the molecule is O=C1OC(c2ccccc2)=NC1c1ccc(Cl)cc1Cl. The Labute approximate surface area is 125 Å². The van der Waals surface area contributed by atoms with Gasteiger partial charge in [-0.1, -0.05) is 47.5 Å². The summed E-state index contributed by atoms with van der Waals surface area (Å²) in [4.78, 5) is 16.3. The molecule has 1 unspecified atom stereocenters. The zero-order valence-corrected chi connectivity index (χ0v) is 11.7. The number of carbonyl (C=O) groups excluding carboxylic acids is 1. The maximum absolute atomic E-state index is 12.0. The third kappa shape index (κ3) is 2.42. The van der Waals surface area contributed by atoms with Gasteiger partial charge in [-0.2, -0.15) is 0 Å². The number of rotatable bonds is 2. The van der Waals surface area contributed by atoms with Gasteiger partial charge in [0.1, 0.15) is 0 Å². The number of hydrogen-bond donors (Lipinski definition) is 0. The first kappa shape index (κ1) is 13.2. The van der Waals surface area contributed by atoms with E-state index in [2.05, 4.69) is 4.99 Å². The minimum absolute atomic E-state index is 0.312. The van der Waals surface area contributed by atoms with E-state index in [9.17, 15) is 4.79 Å². The Morgan fingerprint density at radius 2 is 1.80 bits per heavy atom. The third-order valence-electron chi connectivity index (χ3n) is 2.94. The van der Waals surface area contributed by atoms with Crippen LogP contribution in [0, 0.1) is 0 Å². The largest absolute Gasteiger partial charge is 0.405 e. The molecule has 2 aromatic rings. The molecular weight excluding hydrogens is 297 g/mol. The summed E-state index contributed by atoms with van der Waals surface area (Å²) in [5.74, 6) is -0.125. The number of benzene rings is 2. The van der Waals surface area contributed by atoms with Gasteiger partial charge in [0.2, 0.25) is 5.90 Å².